The highest BCUT2D eigenvalue weighted by molar-refractivity contribution is 5.79. The van der Waals surface area contributed by atoms with Crippen LogP contribution in [0.1, 0.15) is 22.9 Å². The second-order valence-electron chi connectivity index (χ2n) is 4.66. The van der Waals surface area contributed by atoms with E-state index in [9.17, 15) is 4.39 Å². The summed E-state index contributed by atoms with van der Waals surface area (Å²) in [6.07, 6.45) is 0. The molecule has 0 atom stereocenters. The van der Waals surface area contributed by atoms with Crippen molar-refractivity contribution in [1.29, 1.82) is 0 Å². The number of oxazole rings is 1. The average molecular weight is 290 g/mol. The minimum Gasteiger partial charge on any atom is -0.444 e. The van der Waals surface area contributed by atoms with Gasteiger partial charge < -0.3 is 15.1 Å². The molecule has 0 aliphatic rings. The molecule has 0 aliphatic heterocycles. The number of guanidine groups is 1. The van der Waals surface area contributed by atoms with Gasteiger partial charge >= 0.3 is 0 Å². The quantitative estimate of drug-likeness (QED) is 0.670. The van der Waals surface area contributed by atoms with Gasteiger partial charge in [0.15, 0.2) is 5.96 Å². The molecular formula is C15H19FN4O. The van der Waals surface area contributed by atoms with Gasteiger partial charge in [-0.25, -0.2) is 9.37 Å². The molecule has 21 heavy (non-hydrogen) atoms. The Morgan fingerprint density at radius 2 is 2.05 bits per heavy atom. The molecule has 0 spiro atoms. The molecule has 1 aromatic carbocycles. The van der Waals surface area contributed by atoms with Crippen molar-refractivity contribution < 1.29 is 8.81 Å². The van der Waals surface area contributed by atoms with Crippen molar-refractivity contribution in [3.05, 3.63) is 53.0 Å². The van der Waals surface area contributed by atoms with Crippen molar-refractivity contribution in [3.8, 4) is 0 Å². The Morgan fingerprint density at radius 3 is 2.67 bits per heavy atom. The first-order valence-electron chi connectivity index (χ1n) is 6.70. The summed E-state index contributed by atoms with van der Waals surface area (Å²) < 4.78 is 18.6. The van der Waals surface area contributed by atoms with Gasteiger partial charge in [0.25, 0.3) is 0 Å². The van der Waals surface area contributed by atoms with Crippen LogP contribution in [0.2, 0.25) is 0 Å². The van der Waals surface area contributed by atoms with Crippen molar-refractivity contribution in [2.75, 3.05) is 7.05 Å². The highest BCUT2D eigenvalue weighted by Gasteiger charge is 2.06. The summed E-state index contributed by atoms with van der Waals surface area (Å²) in [6, 6.07) is 6.44. The molecule has 2 rings (SSSR count). The van der Waals surface area contributed by atoms with Gasteiger partial charge in [-0.1, -0.05) is 12.1 Å². The minimum absolute atomic E-state index is 0.247. The lowest BCUT2D eigenvalue weighted by Gasteiger charge is -2.10. The summed E-state index contributed by atoms with van der Waals surface area (Å²) in [5.74, 6) is 1.78. The first-order chi connectivity index (χ1) is 10.1. The first-order valence-corrected chi connectivity index (χ1v) is 6.70. The standard InChI is InChI=1S/C15H19FN4O/c1-10-11(2)21-14(20-10)9-19-15(17-3)18-8-12-5-4-6-13(16)7-12/h4-7H,8-9H2,1-3H3,(H2,17,18,19). The Kier molecular flexibility index (Phi) is 4.92. The van der Waals surface area contributed by atoms with Crippen molar-refractivity contribution in [2.24, 2.45) is 4.99 Å². The lowest BCUT2D eigenvalue weighted by atomic mass is 10.2. The first kappa shape index (κ1) is 15.0. The van der Waals surface area contributed by atoms with Crippen molar-refractivity contribution in [3.63, 3.8) is 0 Å². The monoisotopic (exact) mass is 290 g/mol. The van der Waals surface area contributed by atoms with Crippen LogP contribution in [-0.4, -0.2) is 18.0 Å². The smallest absolute Gasteiger partial charge is 0.214 e. The van der Waals surface area contributed by atoms with Gasteiger partial charge in [-0.05, 0) is 31.5 Å². The molecule has 0 fully saturated rings. The summed E-state index contributed by atoms with van der Waals surface area (Å²) in [5.41, 5.74) is 1.73. The molecule has 2 aromatic rings. The number of hydrogen-bond donors (Lipinski definition) is 2. The Morgan fingerprint density at radius 1 is 1.29 bits per heavy atom. The third-order valence-electron chi connectivity index (χ3n) is 3.05. The zero-order valence-corrected chi connectivity index (χ0v) is 12.4. The molecule has 5 nitrogen and oxygen atoms in total. The van der Waals surface area contributed by atoms with Crippen LogP contribution >= 0.6 is 0 Å². The van der Waals surface area contributed by atoms with Gasteiger partial charge in [0.05, 0.1) is 12.2 Å². The summed E-state index contributed by atoms with van der Waals surface area (Å²) >= 11 is 0. The number of nitrogens with one attached hydrogen (secondary N) is 2. The van der Waals surface area contributed by atoms with Crippen LogP contribution in [0.15, 0.2) is 33.7 Å². The van der Waals surface area contributed by atoms with Gasteiger partial charge in [-0.15, -0.1) is 0 Å². The van der Waals surface area contributed by atoms with Crippen molar-refractivity contribution in [2.45, 2.75) is 26.9 Å². The van der Waals surface area contributed by atoms with E-state index in [1.54, 1.807) is 13.1 Å². The van der Waals surface area contributed by atoms with E-state index in [0.717, 1.165) is 17.0 Å². The topological polar surface area (TPSA) is 62.5 Å². The molecule has 1 heterocycles. The van der Waals surface area contributed by atoms with E-state index >= 15 is 0 Å². The maximum Gasteiger partial charge on any atom is 0.214 e. The van der Waals surface area contributed by atoms with Crippen LogP contribution in [0, 0.1) is 19.7 Å². The number of aryl methyl sites for hydroxylation is 2. The van der Waals surface area contributed by atoms with E-state index in [1.165, 1.54) is 12.1 Å². The molecule has 1 aromatic heterocycles. The van der Waals surface area contributed by atoms with Crippen LogP contribution in [0.3, 0.4) is 0 Å². The third kappa shape index (κ3) is 4.30. The van der Waals surface area contributed by atoms with Crippen molar-refractivity contribution >= 4 is 5.96 Å². The Labute approximate surface area is 123 Å². The maximum atomic E-state index is 13.1. The minimum atomic E-state index is -0.247. The van der Waals surface area contributed by atoms with E-state index in [2.05, 4.69) is 20.6 Å². The van der Waals surface area contributed by atoms with Gasteiger partial charge in [0.1, 0.15) is 11.6 Å². The van der Waals surface area contributed by atoms with Crippen LogP contribution in [0.25, 0.3) is 0 Å². The van der Waals surface area contributed by atoms with Gasteiger partial charge in [-0.2, -0.15) is 0 Å². The Balaban J connectivity index is 1.86. The molecule has 0 saturated heterocycles. The molecular weight excluding hydrogens is 271 g/mol. The number of aliphatic imine (C=N–C) groups is 1. The van der Waals surface area contributed by atoms with Crippen LogP contribution in [0.5, 0.6) is 0 Å². The predicted molar refractivity (Wildman–Crippen MR) is 79.4 cm³/mol. The normalized spacial score (nSPS) is 11.5. The number of rotatable bonds is 4. The fraction of sp³-hybridized carbons (Fsp3) is 0.333. The summed E-state index contributed by atoms with van der Waals surface area (Å²) in [5, 5.41) is 6.21. The molecule has 0 radical (unpaired) electrons. The SMILES string of the molecule is CN=C(NCc1cccc(F)c1)NCc1nc(C)c(C)o1. The van der Waals surface area contributed by atoms with E-state index in [-0.39, 0.29) is 5.82 Å². The lowest BCUT2D eigenvalue weighted by Crippen LogP contribution is -2.36. The fourth-order valence-corrected chi connectivity index (χ4v) is 1.83. The fourth-order valence-electron chi connectivity index (χ4n) is 1.83. The van der Waals surface area contributed by atoms with Gasteiger partial charge in [-0.3, -0.25) is 4.99 Å². The summed E-state index contributed by atoms with van der Waals surface area (Å²) in [4.78, 5) is 8.39. The second kappa shape index (κ2) is 6.88. The molecule has 0 unspecified atom stereocenters. The number of halogens is 1. The highest BCUT2D eigenvalue weighted by Crippen LogP contribution is 2.07. The number of benzene rings is 1. The van der Waals surface area contributed by atoms with Gasteiger partial charge in [0, 0.05) is 13.6 Å². The lowest BCUT2D eigenvalue weighted by molar-refractivity contribution is 0.463. The predicted octanol–water partition coefficient (Wildman–Crippen LogP) is 2.30. The molecule has 0 aliphatic carbocycles. The molecule has 112 valence electrons. The summed E-state index contributed by atoms with van der Waals surface area (Å²) in [6.45, 7) is 4.71. The average Bonchev–Trinajstić information content (AvgIpc) is 2.78. The van der Waals surface area contributed by atoms with Crippen LogP contribution in [-0.2, 0) is 13.1 Å². The van der Waals surface area contributed by atoms with E-state index in [0.29, 0.717) is 24.9 Å². The zero-order valence-electron chi connectivity index (χ0n) is 12.4. The van der Waals surface area contributed by atoms with Crippen LogP contribution in [0.4, 0.5) is 4.39 Å². The van der Waals surface area contributed by atoms with E-state index < -0.39 is 0 Å². The van der Waals surface area contributed by atoms with Crippen molar-refractivity contribution in [1.82, 2.24) is 15.6 Å². The molecule has 0 bridgehead atoms. The maximum absolute atomic E-state index is 13.1. The van der Waals surface area contributed by atoms with E-state index in [4.69, 9.17) is 4.42 Å². The molecule has 0 amide bonds. The Hall–Kier alpha value is -2.37. The Bertz CT molecular complexity index is 617. The largest absolute Gasteiger partial charge is 0.444 e. The number of aromatic nitrogens is 1. The molecule has 6 heteroatoms. The number of nitrogens with zero attached hydrogens (tertiary/aromatic N) is 2. The van der Waals surface area contributed by atoms with E-state index in [1.807, 2.05) is 19.9 Å². The third-order valence-corrected chi connectivity index (χ3v) is 3.05. The van der Waals surface area contributed by atoms with Gasteiger partial charge in [0.2, 0.25) is 5.89 Å². The molecule has 2 N–H and O–H groups in total. The van der Waals surface area contributed by atoms with Crippen LogP contribution < -0.4 is 10.6 Å². The summed E-state index contributed by atoms with van der Waals surface area (Å²) in [7, 11) is 1.67. The highest BCUT2D eigenvalue weighted by atomic mass is 19.1. The zero-order chi connectivity index (χ0) is 15.2. The molecule has 0 saturated carbocycles. The second-order valence-corrected chi connectivity index (χ2v) is 4.66. The number of hydrogen-bond acceptors (Lipinski definition) is 3.